The number of nitrogens with one attached hydrogen (secondary N) is 1. The van der Waals surface area contributed by atoms with Crippen LogP contribution in [0.2, 0.25) is 0 Å². The Morgan fingerprint density at radius 3 is 2.27 bits per heavy atom. The number of carbonyl (C=O) groups excluding carboxylic acids is 3. The smallest absolute Gasteiger partial charge is 0.329 e. The van der Waals surface area contributed by atoms with E-state index in [1.54, 1.807) is 24.3 Å². The molecule has 2 saturated carbocycles. The van der Waals surface area contributed by atoms with Gasteiger partial charge < -0.3 is 10.0 Å². The lowest BCUT2D eigenvalue weighted by molar-refractivity contribution is -0.117. The quantitative estimate of drug-likeness (QED) is 0.800. The molecule has 1 heterocycles. The van der Waals surface area contributed by atoms with Crippen molar-refractivity contribution in [3.05, 3.63) is 29.8 Å². The molecule has 1 aromatic rings. The summed E-state index contributed by atoms with van der Waals surface area (Å²) in [5.74, 6) is 0.688. The third-order valence-corrected chi connectivity index (χ3v) is 6.05. The Bertz CT molecular complexity index is 734. The number of amides is 4. The van der Waals surface area contributed by atoms with E-state index in [4.69, 9.17) is 0 Å². The Morgan fingerprint density at radius 1 is 1.12 bits per heavy atom. The average Bonchev–Trinajstić information content (AvgIpc) is 3.26. The van der Waals surface area contributed by atoms with E-state index in [1.807, 2.05) is 11.9 Å². The number of imide groups is 1. The zero-order valence-corrected chi connectivity index (χ0v) is 14.7. The highest BCUT2D eigenvalue weighted by atomic mass is 16.3. The van der Waals surface area contributed by atoms with Gasteiger partial charge in [0.25, 0.3) is 5.91 Å². The fraction of sp³-hybridized carbons (Fsp3) is 0.526. The Kier molecular flexibility index (Phi) is 4.19. The van der Waals surface area contributed by atoms with Gasteiger partial charge in [-0.1, -0.05) is 0 Å². The Morgan fingerprint density at radius 2 is 1.73 bits per heavy atom. The van der Waals surface area contributed by atoms with Gasteiger partial charge in [0.2, 0.25) is 5.91 Å². The van der Waals surface area contributed by atoms with E-state index >= 15 is 0 Å². The summed E-state index contributed by atoms with van der Waals surface area (Å²) in [7, 11) is 1.84. The predicted molar refractivity (Wildman–Crippen MR) is 94.7 cm³/mol. The highest BCUT2D eigenvalue weighted by Gasteiger charge is 2.43. The number of aliphatic hydroxyl groups excluding tert-OH is 1. The first-order valence-corrected chi connectivity index (χ1v) is 9.09. The molecule has 4 amide bonds. The second kappa shape index (κ2) is 6.39. The predicted octanol–water partition coefficient (Wildman–Crippen LogP) is 1.36. The van der Waals surface area contributed by atoms with E-state index in [1.165, 1.54) is 4.90 Å². The number of nitrogens with zero attached hydrogens (tertiary/aromatic N) is 2. The molecule has 26 heavy (non-hydrogen) atoms. The van der Waals surface area contributed by atoms with Crippen LogP contribution >= 0.6 is 0 Å². The number of fused-ring (bicyclic) bond motifs is 1. The van der Waals surface area contributed by atoms with Crippen molar-refractivity contribution in [2.24, 2.45) is 11.8 Å². The number of urea groups is 1. The molecule has 1 aliphatic heterocycles. The summed E-state index contributed by atoms with van der Waals surface area (Å²) in [6, 6.07) is 6.56. The van der Waals surface area contributed by atoms with Crippen molar-refractivity contribution in [1.82, 2.24) is 10.2 Å². The van der Waals surface area contributed by atoms with Crippen LogP contribution in [0.1, 0.15) is 36.0 Å². The van der Waals surface area contributed by atoms with Gasteiger partial charge in [0.1, 0.15) is 6.54 Å². The lowest BCUT2D eigenvalue weighted by Crippen LogP contribution is -2.36. The molecule has 4 rings (SSSR count). The van der Waals surface area contributed by atoms with Crippen LogP contribution in [-0.2, 0) is 4.79 Å². The van der Waals surface area contributed by atoms with Gasteiger partial charge in [0.05, 0.1) is 6.10 Å². The molecule has 3 aliphatic rings. The summed E-state index contributed by atoms with van der Waals surface area (Å²) in [6.07, 6.45) is 3.45. The molecule has 7 heteroatoms. The number of aliphatic hydroxyl groups is 1. The molecule has 138 valence electrons. The summed E-state index contributed by atoms with van der Waals surface area (Å²) >= 11 is 0. The summed E-state index contributed by atoms with van der Waals surface area (Å²) in [6.45, 7) is 0.00271. The van der Waals surface area contributed by atoms with Crippen LogP contribution in [0.4, 0.5) is 10.5 Å². The minimum atomic E-state index is -0.439. The summed E-state index contributed by atoms with van der Waals surface area (Å²) in [4.78, 5) is 39.0. The highest BCUT2D eigenvalue weighted by molar-refractivity contribution is 6.12. The average molecular weight is 357 g/mol. The van der Waals surface area contributed by atoms with Crippen molar-refractivity contribution >= 4 is 23.5 Å². The molecule has 1 saturated heterocycles. The lowest BCUT2D eigenvalue weighted by atomic mass is 10.0. The normalized spacial score (nSPS) is 30.5. The third kappa shape index (κ3) is 2.96. The van der Waals surface area contributed by atoms with Crippen LogP contribution in [0.25, 0.3) is 0 Å². The van der Waals surface area contributed by atoms with Crippen molar-refractivity contribution in [3.8, 4) is 0 Å². The van der Waals surface area contributed by atoms with E-state index in [0.717, 1.165) is 25.7 Å². The molecule has 0 radical (unpaired) electrons. The van der Waals surface area contributed by atoms with Crippen LogP contribution in [0, 0.1) is 11.8 Å². The maximum Gasteiger partial charge on any atom is 0.329 e. The summed E-state index contributed by atoms with van der Waals surface area (Å²) < 4.78 is 0. The monoisotopic (exact) mass is 357 g/mol. The number of carbonyl (C=O) groups is 3. The van der Waals surface area contributed by atoms with Crippen molar-refractivity contribution < 1.29 is 19.5 Å². The summed E-state index contributed by atoms with van der Waals surface area (Å²) in [5.41, 5.74) is 1.16. The van der Waals surface area contributed by atoms with Crippen LogP contribution in [0.15, 0.2) is 24.3 Å². The minimum Gasteiger partial charge on any atom is -0.393 e. The van der Waals surface area contributed by atoms with Crippen molar-refractivity contribution in [2.45, 2.75) is 37.8 Å². The molecular formula is C19H23N3O4. The zero-order chi connectivity index (χ0) is 18.4. The maximum atomic E-state index is 12.8. The number of hydrogen-bond donors (Lipinski definition) is 2. The second-order valence-electron chi connectivity index (χ2n) is 7.67. The Balaban J connectivity index is 1.42. The van der Waals surface area contributed by atoms with Crippen molar-refractivity contribution in [3.63, 3.8) is 0 Å². The Hall–Kier alpha value is -2.41. The lowest BCUT2D eigenvalue weighted by Gasteiger charge is -2.26. The van der Waals surface area contributed by atoms with E-state index in [9.17, 15) is 19.5 Å². The SMILES string of the molecule is CN(C(=O)c1ccc(N2CC(=O)NC2=O)cc1)C1C[C@H]2CC(O)C[C@H]2C1. The highest BCUT2D eigenvalue weighted by Crippen LogP contribution is 2.45. The van der Waals surface area contributed by atoms with Gasteiger partial charge >= 0.3 is 6.03 Å². The fourth-order valence-electron chi connectivity index (χ4n) is 4.67. The minimum absolute atomic E-state index is 0.00271. The largest absolute Gasteiger partial charge is 0.393 e. The van der Waals surface area contributed by atoms with Crippen LogP contribution in [0.3, 0.4) is 0 Å². The number of rotatable bonds is 3. The van der Waals surface area contributed by atoms with Crippen LogP contribution in [-0.4, -0.2) is 53.6 Å². The molecule has 1 aromatic carbocycles. The van der Waals surface area contributed by atoms with Crippen molar-refractivity contribution in [1.29, 1.82) is 0 Å². The first-order chi connectivity index (χ1) is 12.4. The zero-order valence-electron chi connectivity index (χ0n) is 14.7. The third-order valence-electron chi connectivity index (χ3n) is 6.05. The molecule has 2 N–H and O–H groups in total. The first kappa shape index (κ1) is 17.0. The molecule has 2 unspecified atom stereocenters. The molecular weight excluding hydrogens is 334 g/mol. The van der Waals surface area contributed by atoms with Gasteiger partial charge in [0.15, 0.2) is 0 Å². The standard InChI is InChI=1S/C19H23N3O4/c1-21(15-6-12-8-16(23)9-13(12)7-15)18(25)11-2-4-14(5-3-11)22-10-17(24)20-19(22)26/h2-5,12-13,15-16,23H,6-10H2,1H3,(H,20,24,26)/t12-,13+,15?,16?. The van der Waals surface area contributed by atoms with Gasteiger partial charge in [-0.3, -0.25) is 19.8 Å². The molecule has 3 fully saturated rings. The molecule has 2 aliphatic carbocycles. The van der Waals surface area contributed by atoms with Crippen LogP contribution < -0.4 is 10.2 Å². The number of benzene rings is 1. The molecule has 4 atom stereocenters. The maximum absolute atomic E-state index is 12.8. The van der Waals surface area contributed by atoms with Gasteiger partial charge in [0, 0.05) is 24.3 Å². The molecule has 0 spiro atoms. The fourth-order valence-corrected chi connectivity index (χ4v) is 4.67. The van der Waals surface area contributed by atoms with Crippen LogP contribution in [0.5, 0.6) is 0 Å². The number of hydrogen-bond acceptors (Lipinski definition) is 4. The van der Waals surface area contributed by atoms with E-state index in [0.29, 0.717) is 23.1 Å². The molecule has 0 aromatic heterocycles. The van der Waals surface area contributed by atoms with Gasteiger partial charge in [-0.25, -0.2) is 4.79 Å². The van der Waals surface area contributed by atoms with E-state index in [-0.39, 0.29) is 30.5 Å². The Labute approximate surface area is 152 Å². The summed E-state index contributed by atoms with van der Waals surface area (Å²) in [5, 5.41) is 12.0. The van der Waals surface area contributed by atoms with E-state index < -0.39 is 6.03 Å². The molecule has 0 bridgehead atoms. The second-order valence-corrected chi connectivity index (χ2v) is 7.67. The van der Waals surface area contributed by atoms with Gasteiger partial charge in [-0.15, -0.1) is 0 Å². The first-order valence-electron chi connectivity index (χ1n) is 9.09. The topological polar surface area (TPSA) is 90.0 Å². The van der Waals surface area contributed by atoms with Gasteiger partial charge in [-0.2, -0.15) is 0 Å². The van der Waals surface area contributed by atoms with Gasteiger partial charge in [-0.05, 0) is 61.8 Å². The molecule has 7 nitrogen and oxygen atoms in total. The van der Waals surface area contributed by atoms with E-state index in [2.05, 4.69) is 5.32 Å². The number of anilines is 1. The van der Waals surface area contributed by atoms with Crippen molar-refractivity contribution in [2.75, 3.05) is 18.5 Å².